The Morgan fingerprint density at radius 3 is 2.74 bits per heavy atom. The van der Waals surface area contributed by atoms with Gasteiger partial charge in [-0.1, -0.05) is 23.7 Å². The molecule has 5 heteroatoms. The first kappa shape index (κ1) is 13.1. The highest BCUT2D eigenvalue weighted by Gasteiger charge is 2.06. The van der Waals surface area contributed by atoms with E-state index in [1.54, 1.807) is 18.2 Å². The lowest BCUT2D eigenvalue weighted by Gasteiger charge is -2.05. The summed E-state index contributed by atoms with van der Waals surface area (Å²) in [5.74, 6) is -0.242. The zero-order chi connectivity index (χ0) is 13.7. The Morgan fingerprint density at radius 1 is 1.32 bits per heavy atom. The molecule has 0 saturated heterocycles. The fourth-order valence-corrected chi connectivity index (χ4v) is 1.65. The van der Waals surface area contributed by atoms with E-state index in [1.165, 1.54) is 12.3 Å². The van der Waals surface area contributed by atoms with Crippen LogP contribution < -0.4 is 5.32 Å². The molecule has 1 N–H and O–H groups in total. The highest BCUT2D eigenvalue weighted by Crippen LogP contribution is 2.09. The molecule has 0 aliphatic heterocycles. The minimum absolute atomic E-state index is 0.221. The summed E-state index contributed by atoms with van der Waals surface area (Å²) in [5, 5.41) is 12.1. The molecule has 0 atom stereocenters. The molecule has 0 saturated carbocycles. The maximum atomic E-state index is 11.9. The van der Waals surface area contributed by atoms with Gasteiger partial charge >= 0.3 is 0 Å². The molecular weight excluding hydrogens is 262 g/mol. The van der Waals surface area contributed by atoms with Crippen LogP contribution in [-0.2, 0) is 6.54 Å². The third-order valence-electron chi connectivity index (χ3n) is 2.50. The minimum atomic E-state index is -0.242. The molecule has 0 spiro atoms. The Hall–Kier alpha value is -2.38. The smallest absolute Gasteiger partial charge is 0.251 e. The zero-order valence-corrected chi connectivity index (χ0v) is 10.7. The second-order valence-electron chi connectivity index (χ2n) is 3.85. The number of amides is 1. The van der Waals surface area contributed by atoms with E-state index in [-0.39, 0.29) is 11.6 Å². The Balaban J connectivity index is 2.01. The van der Waals surface area contributed by atoms with Crippen LogP contribution in [0.5, 0.6) is 0 Å². The molecule has 0 radical (unpaired) electrons. The lowest BCUT2D eigenvalue weighted by molar-refractivity contribution is 0.0951. The van der Waals surface area contributed by atoms with Crippen molar-refractivity contribution in [1.82, 2.24) is 10.3 Å². The number of hydrogen-bond donors (Lipinski definition) is 1. The summed E-state index contributed by atoms with van der Waals surface area (Å²) >= 11 is 5.78. The van der Waals surface area contributed by atoms with Crippen molar-refractivity contribution in [3.63, 3.8) is 0 Å². The van der Waals surface area contributed by atoms with Crippen LogP contribution in [0.3, 0.4) is 0 Å². The van der Waals surface area contributed by atoms with Crippen molar-refractivity contribution in [2.24, 2.45) is 0 Å². The van der Waals surface area contributed by atoms with Gasteiger partial charge in [0.15, 0.2) is 0 Å². The maximum Gasteiger partial charge on any atom is 0.251 e. The van der Waals surface area contributed by atoms with Crippen LogP contribution in [0.25, 0.3) is 0 Å². The molecule has 19 heavy (non-hydrogen) atoms. The summed E-state index contributed by atoms with van der Waals surface area (Å²) in [6.07, 6.45) is 1.44. The van der Waals surface area contributed by atoms with E-state index in [4.69, 9.17) is 16.9 Å². The van der Waals surface area contributed by atoms with E-state index in [1.807, 2.05) is 18.2 Å². The van der Waals surface area contributed by atoms with Crippen LogP contribution in [0.15, 0.2) is 42.6 Å². The fourth-order valence-electron chi connectivity index (χ4n) is 1.52. The van der Waals surface area contributed by atoms with Crippen molar-refractivity contribution in [3.8, 4) is 6.07 Å². The van der Waals surface area contributed by atoms with Crippen molar-refractivity contribution >= 4 is 17.5 Å². The van der Waals surface area contributed by atoms with Gasteiger partial charge in [-0.05, 0) is 29.8 Å². The number of nitrogens with one attached hydrogen (secondary N) is 1. The van der Waals surface area contributed by atoms with Gasteiger partial charge in [0.25, 0.3) is 5.91 Å². The van der Waals surface area contributed by atoms with Gasteiger partial charge in [-0.3, -0.25) is 4.79 Å². The summed E-state index contributed by atoms with van der Waals surface area (Å²) in [4.78, 5) is 15.7. The van der Waals surface area contributed by atoms with Crippen LogP contribution in [0, 0.1) is 11.3 Å². The number of halogens is 1. The number of aromatic nitrogens is 1. The second-order valence-corrected chi connectivity index (χ2v) is 4.29. The summed E-state index contributed by atoms with van der Waals surface area (Å²) in [6.45, 7) is 0.403. The Bertz CT molecular complexity index is 632. The van der Waals surface area contributed by atoms with E-state index in [2.05, 4.69) is 10.3 Å². The van der Waals surface area contributed by atoms with Crippen molar-refractivity contribution in [2.45, 2.75) is 6.54 Å². The maximum absolute atomic E-state index is 11.9. The van der Waals surface area contributed by atoms with Gasteiger partial charge in [-0.15, -0.1) is 0 Å². The van der Waals surface area contributed by atoms with Gasteiger partial charge < -0.3 is 5.32 Å². The third kappa shape index (κ3) is 3.54. The Labute approximate surface area is 115 Å². The van der Waals surface area contributed by atoms with E-state index < -0.39 is 0 Å². The molecule has 0 aliphatic carbocycles. The SMILES string of the molecule is N#Cc1cc(C(=O)NCc2ccc(Cl)cc2)ccn1. The van der Waals surface area contributed by atoms with Crippen molar-refractivity contribution in [2.75, 3.05) is 0 Å². The average molecular weight is 272 g/mol. The number of nitriles is 1. The molecule has 0 bridgehead atoms. The number of benzene rings is 1. The van der Waals surface area contributed by atoms with Gasteiger partial charge in [-0.25, -0.2) is 4.98 Å². The third-order valence-corrected chi connectivity index (χ3v) is 2.75. The van der Waals surface area contributed by atoms with Gasteiger partial charge in [0, 0.05) is 23.3 Å². The molecule has 1 amide bonds. The molecule has 0 fully saturated rings. The summed E-state index contributed by atoms with van der Waals surface area (Å²) in [5.41, 5.74) is 1.59. The van der Waals surface area contributed by atoms with Crippen molar-refractivity contribution in [1.29, 1.82) is 5.26 Å². The minimum Gasteiger partial charge on any atom is -0.348 e. The number of nitrogens with zero attached hydrogens (tertiary/aromatic N) is 2. The normalized spacial score (nSPS) is 9.68. The highest BCUT2D eigenvalue weighted by atomic mass is 35.5. The number of carbonyl (C=O) groups is 1. The molecule has 0 unspecified atom stereocenters. The first-order valence-electron chi connectivity index (χ1n) is 5.58. The van der Waals surface area contributed by atoms with Crippen LogP contribution in [-0.4, -0.2) is 10.9 Å². The molecule has 1 aromatic carbocycles. The average Bonchev–Trinajstić information content (AvgIpc) is 2.46. The monoisotopic (exact) mass is 271 g/mol. The molecule has 1 aromatic heterocycles. The molecule has 4 nitrogen and oxygen atoms in total. The number of carbonyl (C=O) groups excluding carboxylic acids is 1. The second kappa shape index (κ2) is 5.98. The van der Waals surface area contributed by atoms with E-state index in [9.17, 15) is 4.79 Å². The Morgan fingerprint density at radius 2 is 2.05 bits per heavy atom. The van der Waals surface area contributed by atoms with Crippen molar-refractivity contribution < 1.29 is 4.79 Å². The van der Waals surface area contributed by atoms with E-state index in [0.717, 1.165) is 5.56 Å². The van der Waals surface area contributed by atoms with Crippen LogP contribution >= 0.6 is 11.6 Å². The van der Waals surface area contributed by atoms with Gasteiger partial charge in [0.2, 0.25) is 0 Å². The quantitative estimate of drug-likeness (QED) is 0.933. The first-order valence-corrected chi connectivity index (χ1v) is 5.95. The van der Waals surface area contributed by atoms with Crippen molar-refractivity contribution in [3.05, 3.63) is 64.4 Å². The lowest BCUT2D eigenvalue weighted by Crippen LogP contribution is -2.22. The largest absolute Gasteiger partial charge is 0.348 e. The van der Waals surface area contributed by atoms with E-state index in [0.29, 0.717) is 17.1 Å². The topological polar surface area (TPSA) is 65.8 Å². The van der Waals surface area contributed by atoms with E-state index >= 15 is 0 Å². The number of rotatable bonds is 3. The molecule has 0 aliphatic rings. The summed E-state index contributed by atoms with van der Waals surface area (Å²) in [7, 11) is 0. The summed E-state index contributed by atoms with van der Waals surface area (Å²) in [6, 6.07) is 12.1. The lowest BCUT2D eigenvalue weighted by atomic mass is 10.2. The Kier molecular flexibility index (Phi) is 4.11. The molecule has 2 aromatic rings. The fraction of sp³-hybridized carbons (Fsp3) is 0.0714. The first-order chi connectivity index (χ1) is 9.19. The van der Waals surface area contributed by atoms with Crippen LogP contribution in [0.2, 0.25) is 5.02 Å². The predicted octanol–water partition coefficient (Wildman–Crippen LogP) is 2.54. The molecule has 94 valence electrons. The molecular formula is C14H10ClN3O. The number of hydrogen-bond acceptors (Lipinski definition) is 3. The zero-order valence-electron chi connectivity index (χ0n) is 9.93. The summed E-state index contributed by atoms with van der Waals surface area (Å²) < 4.78 is 0. The van der Waals surface area contributed by atoms with Gasteiger partial charge in [0.05, 0.1) is 0 Å². The number of pyridine rings is 1. The van der Waals surface area contributed by atoms with Gasteiger partial charge in [0.1, 0.15) is 11.8 Å². The molecule has 2 rings (SSSR count). The van der Waals surface area contributed by atoms with Crippen LogP contribution in [0.4, 0.5) is 0 Å². The predicted molar refractivity (Wildman–Crippen MR) is 71.6 cm³/mol. The van der Waals surface area contributed by atoms with Crippen LogP contribution in [0.1, 0.15) is 21.6 Å². The highest BCUT2D eigenvalue weighted by molar-refractivity contribution is 6.30. The molecule has 1 heterocycles. The standard InChI is InChI=1S/C14H10ClN3O/c15-12-3-1-10(2-4-12)9-18-14(19)11-5-6-17-13(7-11)8-16/h1-7H,9H2,(H,18,19). The van der Waals surface area contributed by atoms with Gasteiger partial charge in [-0.2, -0.15) is 5.26 Å².